The highest BCUT2D eigenvalue weighted by atomic mass is 35.5. The first-order valence-electron chi connectivity index (χ1n) is 9.05. The third-order valence-electron chi connectivity index (χ3n) is 4.65. The number of esters is 1. The molecular weight excluding hydrogens is 415 g/mol. The molecule has 2 aromatic rings. The summed E-state index contributed by atoms with van der Waals surface area (Å²) in [5, 5.41) is 2.41. The van der Waals surface area contributed by atoms with Crippen LogP contribution >= 0.6 is 11.6 Å². The summed E-state index contributed by atoms with van der Waals surface area (Å²) in [4.78, 5) is 50.8. The maximum Gasteiger partial charge on any atom is 0.329 e. The van der Waals surface area contributed by atoms with Crippen molar-refractivity contribution in [1.82, 2.24) is 4.90 Å². The van der Waals surface area contributed by atoms with Crippen LogP contribution in [0.3, 0.4) is 0 Å². The Morgan fingerprint density at radius 3 is 2.40 bits per heavy atom. The van der Waals surface area contributed by atoms with Crippen molar-refractivity contribution in [2.45, 2.75) is 32.9 Å². The summed E-state index contributed by atoms with van der Waals surface area (Å²) in [5.74, 6) is -3.40. The Labute approximate surface area is 176 Å². The fourth-order valence-electron chi connectivity index (χ4n) is 2.98. The second-order valence-corrected chi connectivity index (χ2v) is 7.31. The van der Waals surface area contributed by atoms with Crippen molar-refractivity contribution >= 4 is 41.0 Å². The molecule has 9 heteroatoms. The fraction of sp³-hybridized carbons (Fsp3) is 0.238. The van der Waals surface area contributed by atoms with Crippen LogP contribution in [0.25, 0.3) is 0 Å². The Bertz CT molecular complexity index is 1070. The molecule has 0 spiro atoms. The first-order chi connectivity index (χ1) is 14.1. The summed E-state index contributed by atoms with van der Waals surface area (Å²) < 4.78 is 18.2. The monoisotopic (exact) mass is 432 g/mol. The van der Waals surface area contributed by atoms with Gasteiger partial charge in [0.2, 0.25) is 0 Å². The van der Waals surface area contributed by atoms with E-state index in [0.717, 1.165) is 22.6 Å². The average molecular weight is 433 g/mol. The maximum absolute atomic E-state index is 13.1. The summed E-state index contributed by atoms with van der Waals surface area (Å²) in [6.45, 7) is 4.45. The van der Waals surface area contributed by atoms with E-state index < -0.39 is 41.7 Å². The smallest absolute Gasteiger partial charge is 0.329 e. The maximum atomic E-state index is 13.1. The van der Waals surface area contributed by atoms with Gasteiger partial charge in [-0.05, 0) is 51.1 Å². The number of nitrogens with one attached hydrogen (secondary N) is 1. The molecule has 7 nitrogen and oxygen atoms in total. The van der Waals surface area contributed by atoms with Crippen molar-refractivity contribution in [3.63, 3.8) is 0 Å². The molecule has 0 aromatic heterocycles. The number of anilines is 1. The number of fused-ring (bicyclic) bond motifs is 1. The number of carbonyl (C=O) groups is 4. The molecule has 0 bridgehead atoms. The lowest BCUT2D eigenvalue weighted by Crippen LogP contribution is -2.45. The SMILES string of the molecule is Cc1ccc2c(c1)C(=O)N(C(C)C(=O)OC(C)C(=O)Nc1ccc(F)cc1Cl)C2=O. The minimum absolute atomic E-state index is 0.0171. The number of halogens is 2. The van der Waals surface area contributed by atoms with Crippen molar-refractivity contribution in [1.29, 1.82) is 0 Å². The largest absolute Gasteiger partial charge is 0.451 e. The van der Waals surface area contributed by atoms with Crippen LogP contribution in [0.5, 0.6) is 0 Å². The van der Waals surface area contributed by atoms with E-state index in [-0.39, 0.29) is 21.8 Å². The molecule has 30 heavy (non-hydrogen) atoms. The number of nitrogens with zero attached hydrogens (tertiary/aromatic N) is 1. The molecule has 2 unspecified atom stereocenters. The Morgan fingerprint density at radius 2 is 1.73 bits per heavy atom. The molecule has 2 aromatic carbocycles. The lowest BCUT2D eigenvalue weighted by molar-refractivity contribution is -0.156. The molecule has 3 amide bonds. The molecule has 1 aliphatic rings. The minimum atomic E-state index is -1.25. The highest BCUT2D eigenvalue weighted by Crippen LogP contribution is 2.26. The van der Waals surface area contributed by atoms with Crippen LogP contribution in [0.15, 0.2) is 36.4 Å². The molecule has 0 saturated carbocycles. The van der Waals surface area contributed by atoms with Crippen LogP contribution in [0.2, 0.25) is 5.02 Å². The van der Waals surface area contributed by atoms with Gasteiger partial charge in [0.05, 0.1) is 21.8 Å². The molecule has 156 valence electrons. The van der Waals surface area contributed by atoms with Gasteiger partial charge in [-0.15, -0.1) is 0 Å². The van der Waals surface area contributed by atoms with E-state index in [1.807, 2.05) is 0 Å². The number of aryl methyl sites for hydroxylation is 1. The van der Waals surface area contributed by atoms with Gasteiger partial charge in [-0.2, -0.15) is 0 Å². The van der Waals surface area contributed by atoms with E-state index in [9.17, 15) is 23.6 Å². The highest BCUT2D eigenvalue weighted by molar-refractivity contribution is 6.33. The van der Waals surface area contributed by atoms with Crippen molar-refractivity contribution in [2.24, 2.45) is 0 Å². The zero-order valence-corrected chi connectivity index (χ0v) is 17.1. The van der Waals surface area contributed by atoms with Crippen LogP contribution in [-0.4, -0.2) is 40.7 Å². The third-order valence-corrected chi connectivity index (χ3v) is 4.97. The van der Waals surface area contributed by atoms with Gasteiger partial charge in [-0.25, -0.2) is 9.18 Å². The zero-order chi connectivity index (χ0) is 22.2. The van der Waals surface area contributed by atoms with Crippen LogP contribution in [0.1, 0.15) is 40.1 Å². The molecule has 1 heterocycles. The number of carbonyl (C=O) groups excluding carboxylic acids is 4. The molecule has 0 aliphatic carbocycles. The molecule has 1 aliphatic heterocycles. The molecule has 1 N–H and O–H groups in total. The zero-order valence-electron chi connectivity index (χ0n) is 16.4. The fourth-order valence-corrected chi connectivity index (χ4v) is 3.20. The Balaban J connectivity index is 1.67. The first-order valence-corrected chi connectivity index (χ1v) is 9.43. The standard InChI is InChI=1S/C21H18ClFN2O5/c1-10-4-6-14-15(8-10)20(28)25(19(14)27)11(2)21(29)30-12(3)18(26)24-17-7-5-13(23)9-16(17)22/h4-9,11-12H,1-3H3,(H,24,26). The first kappa shape index (κ1) is 21.4. The van der Waals surface area contributed by atoms with E-state index in [0.29, 0.717) is 0 Å². The van der Waals surface area contributed by atoms with Crippen LogP contribution in [0, 0.1) is 12.7 Å². The molecule has 3 rings (SSSR count). The van der Waals surface area contributed by atoms with E-state index in [1.54, 1.807) is 19.1 Å². The summed E-state index contributed by atoms with van der Waals surface area (Å²) in [6, 6.07) is 6.99. The summed E-state index contributed by atoms with van der Waals surface area (Å²) >= 11 is 5.86. The predicted octanol–water partition coefficient (Wildman–Crippen LogP) is 3.34. The summed E-state index contributed by atoms with van der Waals surface area (Å²) in [6.07, 6.45) is -1.25. The quantitative estimate of drug-likeness (QED) is 0.577. The number of hydrogen-bond donors (Lipinski definition) is 1. The molecular formula is C21H18ClFN2O5. The van der Waals surface area contributed by atoms with Gasteiger partial charge in [0.1, 0.15) is 11.9 Å². The third kappa shape index (κ3) is 4.04. The van der Waals surface area contributed by atoms with Crippen molar-refractivity contribution < 1.29 is 28.3 Å². The predicted molar refractivity (Wildman–Crippen MR) is 107 cm³/mol. The molecule has 2 atom stereocenters. The van der Waals surface area contributed by atoms with Crippen molar-refractivity contribution in [3.05, 3.63) is 63.9 Å². The number of amides is 3. The minimum Gasteiger partial charge on any atom is -0.451 e. The van der Waals surface area contributed by atoms with Gasteiger partial charge in [0.15, 0.2) is 6.10 Å². The van der Waals surface area contributed by atoms with Crippen LogP contribution in [-0.2, 0) is 14.3 Å². The lowest BCUT2D eigenvalue weighted by atomic mass is 10.1. The van der Waals surface area contributed by atoms with Gasteiger partial charge < -0.3 is 10.1 Å². The van der Waals surface area contributed by atoms with Gasteiger partial charge in [0, 0.05) is 0 Å². The van der Waals surface area contributed by atoms with Crippen molar-refractivity contribution in [3.8, 4) is 0 Å². The second-order valence-electron chi connectivity index (χ2n) is 6.90. The molecule has 0 saturated heterocycles. The highest BCUT2D eigenvalue weighted by Gasteiger charge is 2.42. The number of ether oxygens (including phenoxy) is 1. The number of benzene rings is 2. The van der Waals surface area contributed by atoms with Gasteiger partial charge >= 0.3 is 5.97 Å². The lowest BCUT2D eigenvalue weighted by Gasteiger charge is -2.22. The van der Waals surface area contributed by atoms with Gasteiger partial charge in [0.25, 0.3) is 17.7 Å². The number of hydrogen-bond acceptors (Lipinski definition) is 5. The van der Waals surface area contributed by atoms with Crippen LogP contribution < -0.4 is 5.32 Å². The van der Waals surface area contributed by atoms with E-state index >= 15 is 0 Å². The number of imide groups is 1. The van der Waals surface area contributed by atoms with Gasteiger partial charge in [-0.1, -0.05) is 23.2 Å². The second kappa shape index (κ2) is 8.23. The Hall–Kier alpha value is -3.26. The molecule has 0 fully saturated rings. The van der Waals surface area contributed by atoms with E-state index in [1.165, 1.54) is 26.0 Å². The van der Waals surface area contributed by atoms with E-state index in [2.05, 4.69) is 5.32 Å². The van der Waals surface area contributed by atoms with Gasteiger partial charge in [-0.3, -0.25) is 19.3 Å². The molecule has 0 radical (unpaired) electrons. The van der Waals surface area contributed by atoms with Crippen LogP contribution in [0.4, 0.5) is 10.1 Å². The Kier molecular flexibility index (Phi) is 5.89. The topological polar surface area (TPSA) is 92.8 Å². The average Bonchev–Trinajstić information content (AvgIpc) is 2.93. The van der Waals surface area contributed by atoms with E-state index in [4.69, 9.17) is 16.3 Å². The summed E-state index contributed by atoms with van der Waals surface area (Å²) in [7, 11) is 0. The van der Waals surface area contributed by atoms with Crippen molar-refractivity contribution in [2.75, 3.05) is 5.32 Å². The summed E-state index contributed by atoms with van der Waals surface area (Å²) in [5.41, 5.74) is 1.38. The number of rotatable bonds is 5. The normalized spacial score (nSPS) is 14.9. The Morgan fingerprint density at radius 1 is 1.07 bits per heavy atom.